The van der Waals surface area contributed by atoms with E-state index in [4.69, 9.17) is 4.74 Å². The Bertz CT molecular complexity index is 1490. The molecule has 0 unspecified atom stereocenters. The van der Waals surface area contributed by atoms with Crippen molar-refractivity contribution in [1.82, 2.24) is 4.57 Å². The fourth-order valence-corrected chi connectivity index (χ4v) is 5.97. The van der Waals surface area contributed by atoms with Crippen LogP contribution < -0.4 is 5.30 Å². The van der Waals surface area contributed by atoms with Crippen LogP contribution in [0.5, 0.6) is 0 Å². The molecular weight excluding hydrogens is 458 g/mol. The van der Waals surface area contributed by atoms with Gasteiger partial charge in [0, 0.05) is 46.4 Å². The number of methoxy groups -OCH3 is 1. The number of nitrogens with zero attached hydrogens (tertiary/aromatic N) is 2. The molecule has 4 aromatic rings. The standard InChI is InChI=1S/C29H30FN2O2P/c1-29(2,18-34-3)28-27(19-6-12-24(13-7-19)35(4,5)33)25-14-20-16-31-17-21(20)15-26(25)32(28)23-10-8-22(30)9-11-23/h6-15,17H,16,18H2,1-5H3. The molecule has 5 rings (SSSR count). The Morgan fingerprint density at radius 1 is 1.06 bits per heavy atom. The lowest BCUT2D eigenvalue weighted by atomic mass is 9.84. The number of ether oxygens (including phenoxy) is 1. The Morgan fingerprint density at radius 2 is 1.74 bits per heavy atom. The van der Waals surface area contributed by atoms with E-state index >= 15 is 0 Å². The molecule has 3 aromatic carbocycles. The largest absolute Gasteiger partial charge is 0.384 e. The third-order valence-corrected chi connectivity index (χ3v) is 8.27. The van der Waals surface area contributed by atoms with Crippen molar-refractivity contribution >= 4 is 29.6 Å². The first-order chi connectivity index (χ1) is 16.6. The zero-order valence-corrected chi connectivity index (χ0v) is 21.7. The second-order valence-electron chi connectivity index (χ2n) is 10.3. The number of hydrogen-bond donors (Lipinski definition) is 0. The summed E-state index contributed by atoms with van der Waals surface area (Å²) < 4.78 is 34.5. The summed E-state index contributed by atoms with van der Waals surface area (Å²) in [5, 5.41) is 1.97. The number of fused-ring (bicyclic) bond motifs is 2. The Morgan fingerprint density at radius 3 is 2.37 bits per heavy atom. The molecule has 0 saturated carbocycles. The van der Waals surface area contributed by atoms with Crippen molar-refractivity contribution in [2.45, 2.75) is 25.8 Å². The van der Waals surface area contributed by atoms with Gasteiger partial charge in [-0.2, -0.15) is 0 Å². The van der Waals surface area contributed by atoms with Crippen LogP contribution >= 0.6 is 7.14 Å². The maximum atomic E-state index is 13.9. The first-order valence-electron chi connectivity index (χ1n) is 11.7. The van der Waals surface area contributed by atoms with E-state index < -0.39 is 7.14 Å². The predicted octanol–water partition coefficient (Wildman–Crippen LogP) is 6.54. The van der Waals surface area contributed by atoms with Gasteiger partial charge < -0.3 is 13.9 Å². The minimum Gasteiger partial charge on any atom is -0.384 e. The van der Waals surface area contributed by atoms with E-state index in [0.717, 1.165) is 44.3 Å². The van der Waals surface area contributed by atoms with Gasteiger partial charge in [0.2, 0.25) is 0 Å². The lowest BCUT2D eigenvalue weighted by Gasteiger charge is -2.28. The molecular formula is C29H30FN2O2P. The predicted molar refractivity (Wildman–Crippen MR) is 144 cm³/mol. The van der Waals surface area contributed by atoms with Gasteiger partial charge in [-0.25, -0.2) is 4.39 Å². The van der Waals surface area contributed by atoms with Gasteiger partial charge >= 0.3 is 0 Å². The van der Waals surface area contributed by atoms with Gasteiger partial charge in [-0.1, -0.05) is 38.1 Å². The van der Waals surface area contributed by atoms with Crippen LogP contribution in [0.4, 0.5) is 4.39 Å². The quantitative estimate of drug-likeness (QED) is 0.289. The van der Waals surface area contributed by atoms with E-state index in [2.05, 4.69) is 47.7 Å². The van der Waals surface area contributed by atoms with Crippen molar-refractivity contribution in [3.8, 4) is 16.8 Å². The third-order valence-electron chi connectivity index (χ3n) is 6.73. The van der Waals surface area contributed by atoms with Gasteiger partial charge in [0.25, 0.3) is 0 Å². The van der Waals surface area contributed by atoms with Crippen molar-refractivity contribution in [2.75, 3.05) is 27.0 Å². The van der Waals surface area contributed by atoms with Gasteiger partial charge in [-0.15, -0.1) is 0 Å². The molecule has 0 saturated heterocycles. The lowest BCUT2D eigenvalue weighted by Crippen LogP contribution is -2.27. The molecule has 0 fully saturated rings. The van der Waals surface area contributed by atoms with E-state index in [1.54, 1.807) is 20.4 Å². The number of rotatable bonds is 6. The summed E-state index contributed by atoms with van der Waals surface area (Å²) in [5.74, 6) is -0.268. The van der Waals surface area contributed by atoms with E-state index in [-0.39, 0.29) is 11.2 Å². The van der Waals surface area contributed by atoms with E-state index in [1.807, 2.05) is 30.5 Å². The normalized spacial score (nSPS) is 13.5. The molecule has 1 aliphatic heterocycles. The Labute approximate surface area is 205 Å². The highest BCUT2D eigenvalue weighted by Crippen LogP contribution is 2.45. The van der Waals surface area contributed by atoms with Gasteiger partial charge in [0.1, 0.15) is 13.0 Å². The fourth-order valence-electron chi connectivity index (χ4n) is 5.10. The average molecular weight is 489 g/mol. The van der Waals surface area contributed by atoms with Crippen molar-refractivity contribution in [3.05, 3.63) is 83.3 Å². The van der Waals surface area contributed by atoms with Gasteiger partial charge in [0.05, 0.1) is 18.7 Å². The van der Waals surface area contributed by atoms with Crippen LogP contribution in [0.1, 0.15) is 30.7 Å². The zero-order valence-electron chi connectivity index (χ0n) is 20.8. The van der Waals surface area contributed by atoms with Crippen molar-refractivity contribution in [2.24, 2.45) is 4.99 Å². The molecule has 0 radical (unpaired) electrons. The van der Waals surface area contributed by atoms with Crippen LogP contribution in [0, 0.1) is 5.82 Å². The smallest absolute Gasteiger partial charge is 0.123 e. The molecule has 1 aromatic heterocycles. The molecule has 4 nitrogen and oxygen atoms in total. The molecule has 0 bridgehead atoms. The molecule has 180 valence electrons. The molecule has 0 spiro atoms. The molecule has 0 atom stereocenters. The molecule has 35 heavy (non-hydrogen) atoms. The van der Waals surface area contributed by atoms with E-state index in [9.17, 15) is 8.96 Å². The highest BCUT2D eigenvalue weighted by atomic mass is 31.2. The summed E-state index contributed by atoms with van der Waals surface area (Å²) in [5.41, 5.74) is 7.10. The molecule has 2 heterocycles. The number of aromatic nitrogens is 1. The first kappa shape index (κ1) is 23.7. The van der Waals surface area contributed by atoms with E-state index in [0.29, 0.717) is 13.2 Å². The summed E-state index contributed by atoms with van der Waals surface area (Å²) in [6.07, 6.45) is 1.92. The van der Waals surface area contributed by atoms with Crippen LogP contribution in [0.15, 0.2) is 65.7 Å². The van der Waals surface area contributed by atoms with Crippen LogP contribution in [0.3, 0.4) is 0 Å². The SMILES string of the molecule is COCC(C)(C)c1c(-c2ccc(P(C)(C)=O)cc2)c2cc3c(cc2n1-c1ccc(F)cc1)C=NC3. The number of halogens is 1. The molecule has 6 heteroatoms. The van der Waals surface area contributed by atoms with Crippen LogP contribution in [0.2, 0.25) is 0 Å². The zero-order chi connectivity index (χ0) is 25.0. The molecule has 1 aliphatic rings. The van der Waals surface area contributed by atoms with Crippen molar-refractivity contribution < 1.29 is 13.7 Å². The summed E-state index contributed by atoms with van der Waals surface area (Å²) in [6, 6.07) is 19.1. The van der Waals surface area contributed by atoms with Gasteiger partial charge in [-0.3, -0.25) is 4.99 Å². The highest BCUT2D eigenvalue weighted by molar-refractivity contribution is 7.70. The third kappa shape index (κ3) is 4.17. The monoisotopic (exact) mass is 488 g/mol. The molecule has 0 aliphatic carbocycles. The Kier molecular flexibility index (Phi) is 5.82. The highest BCUT2D eigenvalue weighted by Gasteiger charge is 2.32. The number of benzene rings is 3. The van der Waals surface area contributed by atoms with Gasteiger partial charge in [-0.05, 0) is 66.4 Å². The summed E-state index contributed by atoms with van der Waals surface area (Å²) in [7, 11) is -0.654. The fraction of sp³-hybridized carbons (Fsp3) is 0.276. The lowest BCUT2D eigenvalue weighted by molar-refractivity contribution is 0.144. The van der Waals surface area contributed by atoms with Crippen LogP contribution in [-0.2, 0) is 21.3 Å². The number of hydrogen-bond acceptors (Lipinski definition) is 3. The second kappa shape index (κ2) is 8.58. The average Bonchev–Trinajstić information content (AvgIpc) is 3.40. The first-order valence-corrected chi connectivity index (χ1v) is 14.3. The van der Waals surface area contributed by atoms with Crippen molar-refractivity contribution in [3.63, 3.8) is 0 Å². The summed E-state index contributed by atoms with van der Waals surface area (Å²) >= 11 is 0. The van der Waals surface area contributed by atoms with E-state index in [1.165, 1.54) is 17.7 Å². The molecule has 0 N–H and O–H groups in total. The minimum atomic E-state index is -2.37. The second-order valence-corrected chi connectivity index (χ2v) is 13.5. The molecule has 0 amide bonds. The minimum absolute atomic E-state index is 0.268. The Balaban J connectivity index is 1.90. The maximum Gasteiger partial charge on any atom is 0.123 e. The summed E-state index contributed by atoms with van der Waals surface area (Å²) in [6.45, 7) is 9.10. The van der Waals surface area contributed by atoms with Crippen LogP contribution in [0.25, 0.3) is 27.7 Å². The topological polar surface area (TPSA) is 43.6 Å². The van der Waals surface area contributed by atoms with Crippen molar-refractivity contribution in [1.29, 1.82) is 0 Å². The van der Waals surface area contributed by atoms with Crippen LogP contribution in [-0.4, -0.2) is 37.8 Å². The Hall–Kier alpha value is -3.01. The summed E-state index contributed by atoms with van der Waals surface area (Å²) in [4.78, 5) is 4.47. The maximum absolute atomic E-state index is 13.9. The number of aliphatic imine (C=N–C) groups is 1. The van der Waals surface area contributed by atoms with Gasteiger partial charge in [0.15, 0.2) is 0 Å².